The first-order valence-corrected chi connectivity index (χ1v) is 14.0. The van der Waals surface area contributed by atoms with Crippen molar-refractivity contribution < 1.29 is 0 Å². The first-order valence-electron chi connectivity index (χ1n) is 14.0. The predicted octanol–water partition coefficient (Wildman–Crippen LogP) is 8.97. The molecule has 40 heavy (non-hydrogen) atoms. The van der Waals surface area contributed by atoms with Crippen molar-refractivity contribution in [2.75, 3.05) is 0 Å². The second-order valence-corrected chi connectivity index (χ2v) is 12.2. The normalized spacial score (nSPS) is 15.4. The molecule has 3 aromatic carbocycles. The molecule has 0 bridgehead atoms. The number of rotatable bonds is 2. The summed E-state index contributed by atoms with van der Waals surface area (Å²) in [6.07, 6.45) is 3.91. The number of hydrogen-bond donors (Lipinski definition) is 0. The van der Waals surface area contributed by atoms with Crippen LogP contribution in [0.15, 0.2) is 103 Å². The summed E-state index contributed by atoms with van der Waals surface area (Å²) in [7, 11) is 0. The highest BCUT2D eigenvalue weighted by Gasteiger charge is 2.42. The van der Waals surface area contributed by atoms with Gasteiger partial charge in [-0.3, -0.25) is 9.97 Å². The Balaban J connectivity index is 1.30. The first kappa shape index (κ1) is 23.3. The molecule has 3 heterocycles. The predicted molar refractivity (Wildman–Crippen MR) is 163 cm³/mol. The summed E-state index contributed by atoms with van der Waals surface area (Å²) >= 11 is 0. The molecule has 3 nitrogen and oxygen atoms in total. The SMILES string of the molecule is CC1(C)c2cc3c(cc2-c2ncccc21)C(C)(C)c1cc(-c2cc(-c4ccccc4)c4ccccc4n2)cnc1-3. The highest BCUT2D eigenvalue weighted by molar-refractivity contribution is 5.97. The van der Waals surface area contributed by atoms with Crippen LogP contribution in [0, 0.1) is 0 Å². The molecule has 8 rings (SSSR count). The van der Waals surface area contributed by atoms with Gasteiger partial charge in [0.25, 0.3) is 0 Å². The standard InChI is InChI=1S/C37H29N3/c1-36(2)28-14-10-16-38-34(28)26-18-30-27(19-29(26)36)35-31(37(30,3)4)17-23(21-39-35)33-20-25(22-11-6-5-7-12-22)24-13-8-9-15-32(24)40-33/h5-21H,1-4H3. The summed E-state index contributed by atoms with van der Waals surface area (Å²) in [5, 5.41) is 1.16. The molecule has 0 amide bonds. The molecule has 0 saturated carbocycles. The highest BCUT2D eigenvalue weighted by Crippen LogP contribution is 2.55. The van der Waals surface area contributed by atoms with E-state index < -0.39 is 0 Å². The van der Waals surface area contributed by atoms with Gasteiger partial charge in [-0.2, -0.15) is 0 Å². The molecule has 2 aliphatic carbocycles. The van der Waals surface area contributed by atoms with Crippen molar-refractivity contribution in [2.24, 2.45) is 0 Å². The van der Waals surface area contributed by atoms with E-state index in [2.05, 4.69) is 113 Å². The Hall–Kier alpha value is -4.63. The van der Waals surface area contributed by atoms with Crippen molar-refractivity contribution in [2.45, 2.75) is 38.5 Å². The van der Waals surface area contributed by atoms with E-state index in [0.717, 1.165) is 33.5 Å². The van der Waals surface area contributed by atoms with Crippen molar-refractivity contribution in [3.05, 3.63) is 126 Å². The molecule has 6 aromatic rings. The Kier molecular flexibility index (Phi) is 4.63. The van der Waals surface area contributed by atoms with Gasteiger partial charge in [-0.1, -0.05) is 82.3 Å². The zero-order valence-corrected chi connectivity index (χ0v) is 23.2. The van der Waals surface area contributed by atoms with Gasteiger partial charge in [0, 0.05) is 45.3 Å². The Labute approximate surface area is 234 Å². The van der Waals surface area contributed by atoms with Crippen LogP contribution in [-0.4, -0.2) is 15.0 Å². The van der Waals surface area contributed by atoms with E-state index in [4.69, 9.17) is 15.0 Å². The summed E-state index contributed by atoms with van der Waals surface area (Å²) in [5.41, 5.74) is 15.0. The van der Waals surface area contributed by atoms with Crippen LogP contribution in [-0.2, 0) is 10.8 Å². The zero-order chi connectivity index (χ0) is 27.2. The maximum absolute atomic E-state index is 5.12. The van der Waals surface area contributed by atoms with Crippen molar-refractivity contribution >= 4 is 10.9 Å². The van der Waals surface area contributed by atoms with Crippen LogP contribution in [0.3, 0.4) is 0 Å². The van der Waals surface area contributed by atoms with Gasteiger partial charge in [0.05, 0.1) is 22.6 Å². The fraction of sp³-hybridized carbons (Fsp3) is 0.162. The van der Waals surface area contributed by atoms with E-state index in [1.54, 1.807) is 0 Å². The number of fused-ring (bicyclic) bond motifs is 7. The van der Waals surface area contributed by atoms with E-state index in [9.17, 15) is 0 Å². The molecule has 0 aliphatic heterocycles. The molecule has 0 unspecified atom stereocenters. The van der Waals surface area contributed by atoms with E-state index >= 15 is 0 Å². The van der Waals surface area contributed by atoms with Crippen LogP contribution >= 0.6 is 0 Å². The van der Waals surface area contributed by atoms with Crippen LogP contribution in [0.4, 0.5) is 0 Å². The minimum absolute atomic E-state index is 0.0936. The molecule has 0 N–H and O–H groups in total. The zero-order valence-electron chi connectivity index (χ0n) is 23.2. The maximum atomic E-state index is 5.12. The lowest BCUT2D eigenvalue weighted by molar-refractivity contribution is 0.651. The molecule has 0 saturated heterocycles. The smallest absolute Gasteiger partial charge is 0.0746 e. The van der Waals surface area contributed by atoms with E-state index in [1.807, 2.05) is 18.5 Å². The number of nitrogens with zero attached hydrogens (tertiary/aromatic N) is 3. The lowest BCUT2D eigenvalue weighted by Gasteiger charge is -2.24. The Morgan fingerprint density at radius 1 is 0.525 bits per heavy atom. The van der Waals surface area contributed by atoms with Crippen molar-refractivity contribution in [3.8, 4) is 44.9 Å². The van der Waals surface area contributed by atoms with Crippen molar-refractivity contribution in [3.63, 3.8) is 0 Å². The topological polar surface area (TPSA) is 38.7 Å². The summed E-state index contributed by atoms with van der Waals surface area (Å²) < 4.78 is 0. The monoisotopic (exact) mass is 515 g/mol. The fourth-order valence-electron chi connectivity index (χ4n) is 6.92. The van der Waals surface area contributed by atoms with Gasteiger partial charge in [0.15, 0.2) is 0 Å². The molecular weight excluding hydrogens is 486 g/mol. The van der Waals surface area contributed by atoms with Gasteiger partial charge in [-0.15, -0.1) is 0 Å². The second-order valence-electron chi connectivity index (χ2n) is 12.2. The average molecular weight is 516 g/mol. The van der Waals surface area contributed by atoms with Crippen LogP contribution in [0.5, 0.6) is 0 Å². The van der Waals surface area contributed by atoms with E-state index in [-0.39, 0.29) is 10.8 Å². The van der Waals surface area contributed by atoms with E-state index in [1.165, 1.54) is 44.5 Å². The summed E-state index contributed by atoms with van der Waals surface area (Å²) in [5.74, 6) is 0. The third kappa shape index (κ3) is 3.09. The second kappa shape index (κ2) is 7.95. The molecular formula is C37H29N3. The minimum atomic E-state index is -0.191. The lowest BCUT2D eigenvalue weighted by Crippen LogP contribution is -2.17. The van der Waals surface area contributed by atoms with Gasteiger partial charge in [-0.25, -0.2) is 4.98 Å². The number of para-hydroxylation sites is 1. The summed E-state index contributed by atoms with van der Waals surface area (Å²) in [6.45, 7) is 9.24. The summed E-state index contributed by atoms with van der Waals surface area (Å²) in [4.78, 5) is 15.0. The number of benzene rings is 3. The number of hydrogen-bond acceptors (Lipinski definition) is 3. The van der Waals surface area contributed by atoms with Crippen LogP contribution in [0.2, 0.25) is 0 Å². The molecule has 0 fully saturated rings. The number of pyridine rings is 3. The van der Waals surface area contributed by atoms with Crippen molar-refractivity contribution in [1.29, 1.82) is 0 Å². The molecule has 3 heteroatoms. The van der Waals surface area contributed by atoms with Gasteiger partial charge >= 0.3 is 0 Å². The quantitative estimate of drug-likeness (QED) is 0.231. The Morgan fingerprint density at radius 2 is 1.20 bits per heavy atom. The minimum Gasteiger partial charge on any atom is -0.256 e. The van der Waals surface area contributed by atoms with Crippen LogP contribution in [0.1, 0.15) is 49.9 Å². The Bertz CT molecular complexity index is 2000. The number of aromatic nitrogens is 3. The molecule has 192 valence electrons. The largest absolute Gasteiger partial charge is 0.256 e. The van der Waals surface area contributed by atoms with Gasteiger partial charge in [0.2, 0.25) is 0 Å². The van der Waals surface area contributed by atoms with Crippen molar-refractivity contribution in [1.82, 2.24) is 15.0 Å². The van der Waals surface area contributed by atoms with Gasteiger partial charge < -0.3 is 0 Å². The van der Waals surface area contributed by atoms with Gasteiger partial charge in [0.1, 0.15) is 0 Å². The molecule has 0 radical (unpaired) electrons. The molecule has 2 aliphatic rings. The molecule has 3 aromatic heterocycles. The maximum Gasteiger partial charge on any atom is 0.0746 e. The third-order valence-electron chi connectivity index (χ3n) is 9.15. The highest BCUT2D eigenvalue weighted by atomic mass is 14.8. The first-order chi connectivity index (χ1) is 19.3. The average Bonchev–Trinajstić information content (AvgIpc) is 3.35. The Morgan fingerprint density at radius 3 is 1.98 bits per heavy atom. The molecule has 0 atom stereocenters. The summed E-state index contributed by atoms with van der Waals surface area (Å²) in [6, 6.07) is 32.5. The third-order valence-corrected chi connectivity index (χ3v) is 9.15. The fourth-order valence-corrected chi connectivity index (χ4v) is 6.92. The van der Waals surface area contributed by atoms with E-state index in [0.29, 0.717) is 0 Å². The van der Waals surface area contributed by atoms with Crippen LogP contribution in [0.25, 0.3) is 55.8 Å². The molecule has 0 spiro atoms. The van der Waals surface area contributed by atoms with Gasteiger partial charge in [-0.05, 0) is 69.8 Å². The lowest BCUT2D eigenvalue weighted by atomic mass is 9.79. The van der Waals surface area contributed by atoms with Crippen LogP contribution < -0.4 is 0 Å².